The van der Waals surface area contributed by atoms with E-state index in [9.17, 15) is 0 Å². The summed E-state index contributed by atoms with van der Waals surface area (Å²) < 4.78 is 0. The fourth-order valence-corrected chi connectivity index (χ4v) is 2.14. The van der Waals surface area contributed by atoms with Crippen LogP contribution in [0, 0.1) is 6.92 Å². The highest BCUT2D eigenvalue weighted by Gasteiger charge is 1.99. The number of aromatic nitrogens is 2. The number of hydrogen-bond donors (Lipinski definition) is 1. The molecule has 0 radical (unpaired) electrons. The normalized spacial score (nSPS) is 10.4. The number of nitrogens with zero attached hydrogens (tertiary/aromatic N) is 2. The molecule has 0 bridgehead atoms. The average Bonchev–Trinajstić information content (AvgIpc) is 2.30. The molecule has 0 saturated carbocycles. The van der Waals surface area contributed by atoms with Gasteiger partial charge in [0.2, 0.25) is 0 Å². The molecule has 16 heavy (non-hydrogen) atoms. The number of hydrogen-bond acceptors (Lipinski definition) is 4. The van der Waals surface area contributed by atoms with Crippen LogP contribution >= 0.6 is 11.8 Å². The van der Waals surface area contributed by atoms with Crippen LogP contribution in [0.15, 0.2) is 46.6 Å². The zero-order valence-corrected chi connectivity index (χ0v) is 9.87. The summed E-state index contributed by atoms with van der Waals surface area (Å²) >= 11 is 1.61. The molecule has 0 saturated heterocycles. The molecular formula is C12H13N3S. The first-order chi connectivity index (χ1) is 7.78. The van der Waals surface area contributed by atoms with Gasteiger partial charge in [-0.05, 0) is 19.1 Å². The highest BCUT2D eigenvalue weighted by atomic mass is 32.2. The number of aryl methyl sites for hydroxylation is 1. The van der Waals surface area contributed by atoms with Crippen molar-refractivity contribution in [2.24, 2.45) is 5.73 Å². The first-order valence-corrected chi connectivity index (χ1v) is 5.85. The molecule has 3 nitrogen and oxygen atoms in total. The molecule has 4 heteroatoms. The Bertz CT molecular complexity index is 468. The van der Waals surface area contributed by atoms with Crippen molar-refractivity contribution in [3.63, 3.8) is 0 Å². The van der Waals surface area contributed by atoms with E-state index in [4.69, 9.17) is 5.73 Å². The molecule has 0 aliphatic rings. The van der Waals surface area contributed by atoms with Crippen molar-refractivity contribution in [2.45, 2.75) is 23.4 Å². The van der Waals surface area contributed by atoms with Crippen LogP contribution in [0.5, 0.6) is 0 Å². The molecule has 1 heterocycles. The molecule has 2 rings (SSSR count). The van der Waals surface area contributed by atoms with Crippen LogP contribution in [0.3, 0.4) is 0 Å². The number of benzene rings is 1. The summed E-state index contributed by atoms with van der Waals surface area (Å²) in [6.07, 6.45) is 3.48. The van der Waals surface area contributed by atoms with Crippen molar-refractivity contribution >= 4 is 11.8 Å². The Kier molecular flexibility index (Phi) is 3.54. The van der Waals surface area contributed by atoms with Crippen molar-refractivity contribution < 1.29 is 0 Å². The van der Waals surface area contributed by atoms with Crippen LogP contribution in [-0.2, 0) is 6.54 Å². The lowest BCUT2D eigenvalue weighted by molar-refractivity contribution is 0.923. The van der Waals surface area contributed by atoms with Gasteiger partial charge in [-0.15, -0.1) is 0 Å². The summed E-state index contributed by atoms with van der Waals surface area (Å²) in [6, 6.07) is 8.31. The number of nitrogens with two attached hydrogens (primary N) is 1. The van der Waals surface area contributed by atoms with Gasteiger partial charge >= 0.3 is 0 Å². The van der Waals surface area contributed by atoms with Crippen LogP contribution in [0.25, 0.3) is 0 Å². The zero-order chi connectivity index (χ0) is 11.4. The second kappa shape index (κ2) is 5.09. The summed E-state index contributed by atoms with van der Waals surface area (Å²) in [5, 5.41) is 0.891. The maximum absolute atomic E-state index is 5.46. The maximum atomic E-state index is 5.46. The van der Waals surface area contributed by atoms with E-state index in [2.05, 4.69) is 35.1 Å². The van der Waals surface area contributed by atoms with E-state index in [-0.39, 0.29) is 0 Å². The van der Waals surface area contributed by atoms with Crippen molar-refractivity contribution in [2.75, 3.05) is 0 Å². The van der Waals surface area contributed by atoms with Gasteiger partial charge in [-0.25, -0.2) is 4.98 Å². The fourth-order valence-electron chi connectivity index (χ4n) is 1.30. The van der Waals surface area contributed by atoms with Crippen LogP contribution in [0.2, 0.25) is 0 Å². The van der Waals surface area contributed by atoms with Crippen LogP contribution < -0.4 is 5.73 Å². The topological polar surface area (TPSA) is 51.8 Å². The SMILES string of the molecule is Cc1cccc(Sc2cnc(CN)cn2)c1. The lowest BCUT2D eigenvalue weighted by Gasteiger charge is -2.02. The van der Waals surface area contributed by atoms with Gasteiger partial charge in [-0.3, -0.25) is 4.98 Å². The Hall–Kier alpha value is -1.39. The lowest BCUT2D eigenvalue weighted by Crippen LogP contribution is -1.99. The second-order valence-corrected chi connectivity index (χ2v) is 4.56. The first kappa shape index (κ1) is 11.1. The summed E-state index contributed by atoms with van der Waals surface area (Å²) in [6.45, 7) is 2.51. The summed E-state index contributed by atoms with van der Waals surface area (Å²) in [5.74, 6) is 0. The average molecular weight is 231 g/mol. The summed E-state index contributed by atoms with van der Waals surface area (Å²) in [7, 11) is 0. The quantitative estimate of drug-likeness (QED) is 0.881. The van der Waals surface area contributed by atoms with Gasteiger partial charge in [0.1, 0.15) is 5.03 Å². The fraction of sp³-hybridized carbons (Fsp3) is 0.167. The molecule has 0 fully saturated rings. The second-order valence-electron chi connectivity index (χ2n) is 3.47. The van der Waals surface area contributed by atoms with Gasteiger partial charge in [0.05, 0.1) is 18.1 Å². The molecule has 1 aromatic carbocycles. The van der Waals surface area contributed by atoms with E-state index >= 15 is 0 Å². The van der Waals surface area contributed by atoms with Crippen LogP contribution in [0.4, 0.5) is 0 Å². The smallest absolute Gasteiger partial charge is 0.119 e. The highest BCUT2D eigenvalue weighted by Crippen LogP contribution is 2.25. The molecule has 0 atom stereocenters. The molecule has 0 spiro atoms. The first-order valence-electron chi connectivity index (χ1n) is 5.03. The van der Waals surface area contributed by atoms with Gasteiger partial charge in [0.25, 0.3) is 0 Å². The van der Waals surface area contributed by atoms with Gasteiger partial charge in [-0.2, -0.15) is 0 Å². The van der Waals surface area contributed by atoms with Crippen molar-refractivity contribution in [3.8, 4) is 0 Å². The van der Waals surface area contributed by atoms with Gasteiger partial charge < -0.3 is 5.73 Å². The Morgan fingerprint density at radius 3 is 2.75 bits per heavy atom. The minimum atomic E-state index is 0.433. The monoisotopic (exact) mass is 231 g/mol. The molecule has 82 valence electrons. The van der Waals surface area contributed by atoms with Gasteiger partial charge in [-0.1, -0.05) is 29.5 Å². The predicted molar refractivity (Wildman–Crippen MR) is 65.2 cm³/mol. The molecule has 1 aromatic heterocycles. The van der Waals surface area contributed by atoms with Crippen molar-refractivity contribution in [1.82, 2.24) is 9.97 Å². The van der Waals surface area contributed by atoms with Crippen molar-refractivity contribution in [1.29, 1.82) is 0 Å². The Balaban J connectivity index is 2.14. The Labute approximate surface area is 99.1 Å². The summed E-state index contributed by atoms with van der Waals surface area (Å²) in [4.78, 5) is 9.68. The minimum absolute atomic E-state index is 0.433. The van der Waals surface area contributed by atoms with Crippen molar-refractivity contribution in [3.05, 3.63) is 47.9 Å². The number of rotatable bonds is 3. The molecule has 2 aromatic rings. The third kappa shape index (κ3) is 2.81. The third-order valence-corrected chi connectivity index (χ3v) is 3.01. The van der Waals surface area contributed by atoms with Gasteiger partial charge in [0.15, 0.2) is 0 Å². The molecule has 0 aliphatic carbocycles. The van der Waals surface area contributed by atoms with E-state index in [1.807, 2.05) is 6.07 Å². The summed E-state index contributed by atoms with van der Waals surface area (Å²) in [5.41, 5.74) is 7.52. The Morgan fingerprint density at radius 1 is 1.25 bits per heavy atom. The van der Waals surface area contributed by atoms with Crippen LogP contribution in [0.1, 0.15) is 11.3 Å². The zero-order valence-electron chi connectivity index (χ0n) is 9.05. The maximum Gasteiger partial charge on any atom is 0.119 e. The molecular weight excluding hydrogens is 218 g/mol. The largest absolute Gasteiger partial charge is 0.325 e. The van der Waals surface area contributed by atoms with E-state index in [1.54, 1.807) is 24.2 Å². The minimum Gasteiger partial charge on any atom is -0.325 e. The molecule has 0 amide bonds. The standard InChI is InChI=1S/C12H13N3S/c1-9-3-2-4-11(5-9)16-12-8-14-10(6-13)7-15-12/h2-5,7-8H,6,13H2,1H3. The molecule has 2 N–H and O–H groups in total. The van der Waals surface area contributed by atoms with Crippen LogP contribution in [-0.4, -0.2) is 9.97 Å². The third-order valence-electron chi connectivity index (χ3n) is 2.10. The van der Waals surface area contributed by atoms with E-state index in [0.29, 0.717) is 6.54 Å². The van der Waals surface area contributed by atoms with E-state index < -0.39 is 0 Å². The Morgan fingerprint density at radius 2 is 2.12 bits per heavy atom. The van der Waals surface area contributed by atoms with E-state index in [1.165, 1.54) is 10.5 Å². The molecule has 0 unspecified atom stereocenters. The van der Waals surface area contributed by atoms with E-state index in [0.717, 1.165) is 10.7 Å². The molecule has 0 aliphatic heterocycles. The highest BCUT2D eigenvalue weighted by molar-refractivity contribution is 7.99. The lowest BCUT2D eigenvalue weighted by atomic mass is 10.2. The predicted octanol–water partition coefficient (Wildman–Crippen LogP) is 2.39. The van der Waals surface area contributed by atoms with Gasteiger partial charge in [0, 0.05) is 11.4 Å².